The molecule has 13 aromatic rings. The topological polar surface area (TPSA) is 61.4 Å². The van der Waals surface area contributed by atoms with Gasteiger partial charge in [-0.15, -0.1) is 0 Å². The van der Waals surface area contributed by atoms with Gasteiger partial charge in [0.15, 0.2) is 11.6 Å². The minimum atomic E-state index is 0.642. The third-order valence-electron chi connectivity index (χ3n) is 12.5. The molecule has 64 heavy (non-hydrogen) atoms. The largest absolute Gasteiger partial charge is 0.309 e. The van der Waals surface area contributed by atoms with Crippen molar-refractivity contribution in [1.29, 1.82) is 0 Å². The first-order valence-electron chi connectivity index (χ1n) is 21.6. The zero-order valence-corrected chi connectivity index (χ0v) is 34.5. The van der Waals surface area contributed by atoms with Crippen molar-refractivity contribution < 1.29 is 0 Å². The lowest BCUT2D eigenvalue weighted by atomic mass is 10.0. The van der Waals surface area contributed by atoms with Crippen LogP contribution >= 0.6 is 0 Å². The Morgan fingerprint density at radius 2 is 0.578 bits per heavy atom. The second-order valence-electron chi connectivity index (χ2n) is 16.2. The first kappa shape index (κ1) is 36.0. The molecular formula is C58H36N6. The predicted molar refractivity (Wildman–Crippen MR) is 263 cm³/mol. The highest BCUT2D eigenvalue weighted by atomic mass is 15.0. The van der Waals surface area contributed by atoms with Gasteiger partial charge in [-0.1, -0.05) is 152 Å². The van der Waals surface area contributed by atoms with Gasteiger partial charge in [-0.2, -0.15) is 0 Å². The summed E-state index contributed by atoms with van der Waals surface area (Å²) < 4.78 is 4.68. The summed E-state index contributed by atoms with van der Waals surface area (Å²) in [6, 6.07) is 76.6. The highest BCUT2D eigenvalue weighted by Crippen LogP contribution is 2.37. The van der Waals surface area contributed by atoms with Crippen molar-refractivity contribution in [3.63, 3.8) is 0 Å². The summed E-state index contributed by atoms with van der Waals surface area (Å²) >= 11 is 0. The van der Waals surface area contributed by atoms with Crippen LogP contribution in [0.5, 0.6) is 0 Å². The fourth-order valence-corrected chi connectivity index (χ4v) is 9.59. The lowest BCUT2D eigenvalue weighted by molar-refractivity contribution is 1.18. The number of para-hydroxylation sites is 6. The smallest absolute Gasteiger partial charge is 0.160 e. The van der Waals surface area contributed by atoms with Crippen LogP contribution in [0.4, 0.5) is 0 Å². The second-order valence-corrected chi connectivity index (χ2v) is 16.2. The number of rotatable bonds is 6. The monoisotopic (exact) mass is 816 g/mol. The number of fused-ring (bicyclic) bond motifs is 8. The highest BCUT2D eigenvalue weighted by molar-refractivity contribution is 6.10. The van der Waals surface area contributed by atoms with E-state index < -0.39 is 0 Å². The van der Waals surface area contributed by atoms with E-state index in [-0.39, 0.29) is 0 Å². The van der Waals surface area contributed by atoms with E-state index in [0.29, 0.717) is 11.6 Å². The van der Waals surface area contributed by atoms with Crippen LogP contribution in [0.3, 0.4) is 0 Å². The number of hydrogen-bond donors (Lipinski definition) is 0. The molecule has 0 amide bonds. The van der Waals surface area contributed by atoms with Crippen LogP contribution in [0.1, 0.15) is 0 Å². The minimum absolute atomic E-state index is 0.642. The summed E-state index contributed by atoms with van der Waals surface area (Å²) in [4.78, 5) is 20.8. The van der Waals surface area contributed by atoms with E-state index in [0.717, 1.165) is 66.8 Å². The maximum atomic E-state index is 5.29. The van der Waals surface area contributed by atoms with Crippen LogP contribution in [-0.2, 0) is 0 Å². The van der Waals surface area contributed by atoms with Crippen molar-refractivity contribution in [2.45, 2.75) is 0 Å². The van der Waals surface area contributed by atoms with E-state index >= 15 is 0 Å². The van der Waals surface area contributed by atoms with Gasteiger partial charge >= 0.3 is 0 Å². The molecule has 6 heteroatoms. The average molecular weight is 817 g/mol. The summed E-state index contributed by atoms with van der Waals surface area (Å²) in [5.41, 5.74) is 14.3. The summed E-state index contributed by atoms with van der Waals surface area (Å²) in [7, 11) is 0. The van der Waals surface area contributed by atoms with Gasteiger partial charge in [0.1, 0.15) is 0 Å². The molecule has 0 spiro atoms. The predicted octanol–water partition coefficient (Wildman–Crippen LogP) is 14.4. The molecule has 0 radical (unpaired) electrons. The zero-order chi connectivity index (χ0) is 42.1. The van der Waals surface area contributed by atoms with Gasteiger partial charge in [0, 0.05) is 65.9 Å². The number of benzene rings is 9. The molecule has 0 aliphatic rings. The molecule has 0 unspecified atom stereocenters. The van der Waals surface area contributed by atoms with Crippen LogP contribution in [0.15, 0.2) is 218 Å². The Kier molecular flexibility index (Phi) is 8.11. The van der Waals surface area contributed by atoms with Crippen LogP contribution in [0.2, 0.25) is 0 Å². The van der Waals surface area contributed by atoms with Gasteiger partial charge in [0.25, 0.3) is 0 Å². The molecule has 0 aliphatic heterocycles. The summed E-state index contributed by atoms with van der Waals surface area (Å²) in [5.74, 6) is 1.28. The van der Waals surface area contributed by atoms with Crippen LogP contribution < -0.4 is 0 Å². The fourth-order valence-electron chi connectivity index (χ4n) is 9.59. The molecule has 9 aromatic carbocycles. The van der Waals surface area contributed by atoms with Crippen LogP contribution in [0.25, 0.3) is 122 Å². The SMILES string of the molecule is c1cc(-c2nc(-c3ccc(-n4c5ccccc5c5ccccc54)cc3)c3ccccc3n2)cc(-c2nc(-c3ccc(-n4c5ccccc5c5ccccc54)cc3)c3ccccc3n2)c1. The minimum Gasteiger partial charge on any atom is -0.309 e. The van der Waals surface area contributed by atoms with Crippen molar-refractivity contribution in [1.82, 2.24) is 29.1 Å². The van der Waals surface area contributed by atoms with Crippen molar-refractivity contribution in [2.24, 2.45) is 0 Å². The third kappa shape index (κ3) is 5.73. The molecule has 0 saturated carbocycles. The van der Waals surface area contributed by atoms with Gasteiger partial charge in [0.05, 0.1) is 44.5 Å². The molecule has 0 N–H and O–H groups in total. The van der Waals surface area contributed by atoms with Crippen molar-refractivity contribution in [3.8, 4) is 56.7 Å². The Morgan fingerprint density at radius 3 is 0.953 bits per heavy atom. The Labute approximate surface area is 368 Å². The molecule has 6 nitrogen and oxygen atoms in total. The van der Waals surface area contributed by atoms with Gasteiger partial charge in [-0.3, -0.25) is 0 Å². The quantitative estimate of drug-likeness (QED) is 0.168. The highest BCUT2D eigenvalue weighted by Gasteiger charge is 2.18. The average Bonchev–Trinajstić information content (AvgIpc) is 3.89. The lowest BCUT2D eigenvalue weighted by Gasteiger charge is -2.13. The van der Waals surface area contributed by atoms with Gasteiger partial charge < -0.3 is 9.13 Å². The third-order valence-corrected chi connectivity index (χ3v) is 12.5. The van der Waals surface area contributed by atoms with E-state index in [2.05, 4.69) is 209 Å². The molecule has 0 bridgehead atoms. The van der Waals surface area contributed by atoms with E-state index in [1.165, 1.54) is 43.6 Å². The Morgan fingerprint density at radius 1 is 0.250 bits per heavy atom. The number of nitrogens with zero attached hydrogens (tertiary/aromatic N) is 6. The van der Waals surface area contributed by atoms with E-state index in [1.54, 1.807) is 0 Å². The maximum absolute atomic E-state index is 5.29. The molecule has 0 fully saturated rings. The van der Waals surface area contributed by atoms with Crippen LogP contribution in [-0.4, -0.2) is 29.1 Å². The lowest BCUT2D eigenvalue weighted by Crippen LogP contribution is -1.98. The summed E-state index contributed by atoms with van der Waals surface area (Å²) in [5, 5.41) is 6.97. The summed E-state index contributed by atoms with van der Waals surface area (Å²) in [6.45, 7) is 0. The van der Waals surface area contributed by atoms with Gasteiger partial charge in [0.2, 0.25) is 0 Å². The van der Waals surface area contributed by atoms with Crippen molar-refractivity contribution in [3.05, 3.63) is 218 Å². The Hall–Kier alpha value is -8.74. The molecular weight excluding hydrogens is 781 g/mol. The standard InChI is InChI=1S/C58H36N6/c1-7-22-49-47(20-1)55(37-28-32-41(33-29-37)63-51-24-9-3-16-43(51)44-17-4-10-25-52(44)63)61-57(59-49)39-14-13-15-40(36-39)58-60-50-23-8-2-21-48(50)56(62-58)38-30-34-42(35-31-38)64-53-26-11-5-18-45(53)46-19-6-12-27-54(46)64/h1-36H. The summed E-state index contributed by atoms with van der Waals surface area (Å²) in [6.07, 6.45) is 0. The molecule has 4 aromatic heterocycles. The second kappa shape index (κ2) is 14.4. The van der Waals surface area contributed by atoms with Crippen molar-refractivity contribution >= 4 is 65.4 Å². The van der Waals surface area contributed by atoms with Crippen molar-refractivity contribution in [2.75, 3.05) is 0 Å². The van der Waals surface area contributed by atoms with E-state index in [1.807, 2.05) is 18.2 Å². The molecule has 0 atom stereocenters. The maximum Gasteiger partial charge on any atom is 0.160 e. The first-order chi connectivity index (χ1) is 31.7. The molecule has 4 heterocycles. The first-order valence-corrected chi connectivity index (χ1v) is 21.6. The molecule has 0 aliphatic carbocycles. The molecule has 0 saturated heterocycles. The number of hydrogen-bond acceptors (Lipinski definition) is 4. The fraction of sp³-hybridized carbons (Fsp3) is 0. The normalized spacial score (nSPS) is 11.8. The van der Waals surface area contributed by atoms with E-state index in [9.17, 15) is 0 Å². The zero-order valence-electron chi connectivity index (χ0n) is 34.5. The van der Waals surface area contributed by atoms with Crippen LogP contribution in [0, 0.1) is 0 Å². The number of aromatic nitrogens is 6. The van der Waals surface area contributed by atoms with Gasteiger partial charge in [-0.25, -0.2) is 19.9 Å². The van der Waals surface area contributed by atoms with E-state index in [4.69, 9.17) is 19.9 Å². The Balaban J connectivity index is 0.886. The Bertz CT molecular complexity index is 3590. The molecule has 13 rings (SSSR count). The van der Waals surface area contributed by atoms with Gasteiger partial charge in [-0.05, 0) is 66.7 Å². The molecule has 298 valence electrons.